The maximum absolute atomic E-state index is 2.54. The minimum Gasteiger partial charge on any atom is -0.310 e. The van der Waals surface area contributed by atoms with Crippen LogP contribution in [0.2, 0.25) is 0 Å². The summed E-state index contributed by atoms with van der Waals surface area (Å²) in [5.41, 5.74) is 24.4. The third-order valence-corrected chi connectivity index (χ3v) is 17.4. The van der Waals surface area contributed by atoms with Crippen LogP contribution >= 0.6 is 11.3 Å². The maximum Gasteiger partial charge on any atom is 0.0726 e. The number of benzene rings is 11. The molecule has 0 saturated carbocycles. The van der Waals surface area contributed by atoms with E-state index in [4.69, 9.17) is 0 Å². The van der Waals surface area contributed by atoms with Crippen molar-refractivity contribution in [2.24, 2.45) is 0 Å². The summed E-state index contributed by atoms with van der Waals surface area (Å²) in [7, 11) is 0. The van der Waals surface area contributed by atoms with Gasteiger partial charge in [0.1, 0.15) is 0 Å². The lowest BCUT2D eigenvalue weighted by Crippen LogP contribution is -2.26. The molecule has 11 aromatic carbocycles. The van der Waals surface area contributed by atoms with Crippen molar-refractivity contribution in [3.63, 3.8) is 0 Å². The van der Waals surface area contributed by atoms with E-state index < -0.39 is 5.41 Å². The molecule has 15 rings (SSSR count). The number of rotatable bonds is 7. The van der Waals surface area contributed by atoms with Gasteiger partial charge in [0.25, 0.3) is 0 Å². The molecule has 0 saturated heterocycles. The average Bonchev–Trinajstić information content (AvgIpc) is 4.17. The molecule has 1 heterocycles. The van der Waals surface area contributed by atoms with Crippen LogP contribution in [0.4, 0.5) is 34.1 Å². The third kappa shape index (κ3) is 6.04. The van der Waals surface area contributed by atoms with Gasteiger partial charge in [-0.15, -0.1) is 11.3 Å². The molecule has 0 bridgehead atoms. The van der Waals surface area contributed by atoms with E-state index in [1.807, 2.05) is 11.3 Å². The Kier molecular flexibility index (Phi) is 9.12. The molecule has 2 nitrogen and oxygen atoms in total. The monoisotopic (exact) mass is 948 g/mol. The summed E-state index contributed by atoms with van der Waals surface area (Å²) < 4.78 is 2.54. The van der Waals surface area contributed by atoms with Crippen LogP contribution in [0.25, 0.3) is 64.7 Å². The zero-order valence-electron chi connectivity index (χ0n) is 40.6. The Morgan fingerprint density at radius 1 is 0.288 bits per heavy atom. The lowest BCUT2D eigenvalue weighted by molar-refractivity contribution is 0.660. The molecule has 0 aliphatic heterocycles. The quantitative estimate of drug-likeness (QED) is 0.157. The molecule has 0 atom stereocenters. The fraction of sp³-hybridized carbons (Fsp3) is 0.0571. The molecule has 12 aromatic rings. The first-order chi connectivity index (χ1) is 36.0. The van der Waals surface area contributed by atoms with Gasteiger partial charge in [-0.3, -0.25) is 0 Å². The van der Waals surface area contributed by atoms with Crippen LogP contribution in [0.5, 0.6) is 0 Å². The Morgan fingerprint density at radius 2 is 0.753 bits per heavy atom. The summed E-state index contributed by atoms with van der Waals surface area (Å²) in [5.74, 6) is 0. The van der Waals surface area contributed by atoms with Gasteiger partial charge in [0, 0.05) is 59.7 Å². The Morgan fingerprint density at radius 3 is 1.37 bits per heavy atom. The number of hydrogen-bond acceptors (Lipinski definition) is 3. The van der Waals surface area contributed by atoms with Crippen molar-refractivity contribution >= 4 is 65.6 Å². The van der Waals surface area contributed by atoms with Crippen molar-refractivity contribution in [3.05, 3.63) is 288 Å². The molecule has 0 amide bonds. The number of nitrogens with zero attached hydrogens (tertiary/aromatic N) is 2. The first kappa shape index (κ1) is 42.0. The Hall–Kier alpha value is -8.76. The summed E-state index contributed by atoms with van der Waals surface area (Å²) in [6.45, 7) is 4.76. The molecule has 1 spiro atoms. The highest BCUT2D eigenvalue weighted by Crippen LogP contribution is 2.65. The molecule has 0 N–H and O–H groups in total. The van der Waals surface area contributed by atoms with Gasteiger partial charge in [-0.25, -0.2) is 0 Å². The summed E-state index contributed by atoms with van der Waals surface area (Å²) in [6.07, 6.45) is 0. The zero-order valence-corrected chi connectivity index (χ0v) is 41.4. The zero-order chi connectivity index (χ0) is 48.4. The molecule has 0 unspecified atom stereocenters. The number of hydrogen-bond donors (Lipinski definition) is 0. The van der Waals surface area contributed by atoms with Crippen LogP contribution in [0.1, 0.15) is 47.2 Å². The third-order valence-electron chi connectivity index (χ3n) is 16.2. The molecule has 344 valence electrons. The van der Waals surface area contributed by atoms with Crippen LogP contribution in [0.15, 0.2) is 255 Å². The maximum atomic E-state index is 2.54. The van der Waals surface area contributed by atoms with E-state index in [2.05, 4.69) is 278 Å². The molecule has 3 aliphatic carbocycles. The van der Waals surface area contributed by atoms with Gasteiger partial charge in [-0.1, -0.05) is 184 Å². The lowest BCUT2D eigenvalue weighted by atomic mass is 9.70. The minimum atomic E-state index is -0.535. The molecule has 1 aromatic heterocycles. The van der Waals surface area contributed by atoms with Gasteiger partial charge < -0.3 is 9.80 Å². The first-order valence-electron chi connectivity index (χ1n) is 25.4. The lowest BCUT2D eigenvalue weighted by Gasteiger charge is -2.33. The molecule has 3 aliphatic rings. The van der Waals surface area contributed by atoms with Crippen molar-refractivity contribution in [1.29, 1.82) is 0 Å². The van der Waals surface area contributed by atoms with E-state index >= 15 is 0 Å². The van der Waals surface area contributed by atoms with Crippen LogP contribution < -0.4 is 9.80 Å². The largest absolute Gasteiger partial charge is 0.310 e. The van der Waals surface area contributed by atoms with E-state index in [0.717, 1.165) is 34.1 Å². The second-order valence-corrected chi connectivity index (χ2v) is 21.5. The standard InChI is InChI=1S/C70H48N2S/c1-69(2)60-30-16-12-26-52(60)55-37-35-49(42-64(55)69)72(48-24-10-5-11-25-48)51-41-58(68-57-29-15-19-33-63(57)70(65(68)43-51)61-31-17-13-27-53(61)54-28-14-18-32-62(54)70)45-34-39-66-59(40-45)56-38-36-50(44-67(56)73-66)71(46-20-6-3-7-21-46)47-22-8-4-9-23-47/h3-44H,1-2H3. The molecule has 3 heteroatoms. The molecule has 0 radical (unpaired) electrons. The molecule has 73 heavy (non-hydrogen) atoms. The molecular formula is C70H48N2S. The predicted molar refractivity (Wildman–Crippen MR) is 308 cm³/mol. The second-order valence-electron chi connectivity index (χ2n) is 20.4. The fourth-order valence-corrected chi connectivity index (χ4v) is 14.2. The molecule has 0 fully saturated rings. The van der Waals surface area contributed by atoms with Gasteiger partial charge in [0.15, 0.2) is 0 Å². The topological polar surface area (TPSA) is 6.48 Å². The highest BCUT2D eigenvalue weighted by atomic mass is 32.1. The normalized spacial score (nSPS) is 13.8. The van der Waals surface area contributed by atoms with Crippen molar-refractivity contribution in [2.45, 2.75) is 24.7 Å². The summed E-state index contributed by atoms with van der Waals surface area (Å²) in [4.78, 5) is 4.87. The highest BCUT2D eigenvalue weighted by Gasteiger charge is 2.52. The van der Waals surface area contributed by atoms with Crippen LogP contribution in [0, 0.1) is 0 Å². The van der Waals surface area contributed by atoms with Gasteiger partial charge in [-0.2, -0.15) is 0 Å². The van der Waals surface area contributed by atoms with E-state index in [1.54, 1.807) is 0 Å². The summed E-state index contributed by atoms with van der Waals surface area (Å²) >= 11 is 1.87. The number of anilines is 6. The van der Waals surface area contributed by atoms with E-state index in [1.165, 1.54) is 98.1 Å². The van der Waals surface area contributed by atoms with Gasteiger partial charge in [-0.05, 0) is 163 Å². The number of para-hydroxylation sites is 3. The van der Waals surface area contributed by atoms with Crippen LogP contribution in [0.3, 0.4) is 0 Å². The summed E-state index contributed by atoms with van der Waals surface area (Å²) in [5, 5.41) is 2.54. The van der Waals surface area contributed by atoms with Crippen molar-refractivity contribution in [3.8, 4) is 44.5 Å². The number of thiophene rings is 1. The van der Waals surface area contributed by atoms with Crippen LogP contribution in [-0.4, -0.2) is 0 Å². The first-order valence-corrected chi connectivity index (χ1v) is 26.2. The number of fused-ring (bicyclic) bond motifs is 16. The van der Waals surface area contributed by atoms with E-state index in [9.17, 15) is 0 Å². The molecular weight excluding hydrogens is 901 g/mol. The Labute approximate surface area is 430 Å². The Balaban J connectivity index is 0.989. The smallest absolute Gasteiger partial charge is 0.0726 e. The minimum absolute atomic E-state index is 0.156. The van der Waals surface area contributed by atoms with Gasteiger partial charge in [0.2, 0.25) is 0 Å². The highest BCUT2D eigenvalue weighted by molar-refractivity contribution is 7.25. The predicted octanol–water partition coefficient (Wildman–Crippen LogP) is 19.3. The van der Waals surface area contributed by atoms with E-state index in [0.29, 0.717) is 0 Å². The summed E-state index contributed by atoms with van der Waals surface area (Å²) in [6, 6.07) is 95.3. The second kappa shape index (κ2) is 15.9. The van der Waals surface area contributed by atoms with Gasteiger partial charge in [0.05, 0.1) is 5.41 Å². The van der Waals surface area contributed by atoms with Gasteiger partial charge >= 0.3 is 0 Å². The Bertz CT molecular complexity index is 4100. The SMILES string of the molecule is CC1(C)c2ccccc2-c2ccc(N(c3ccccc3)c3cc(-c4ccc5sc6cc(N(c7ccccc7)c7ccccc7)ccc6c5c4)c4c(c3)C3(c5ccccc5-c5ccccc53)c3ccccc3-4)cc21. The van der Waals surface area contributed by atoms with Crippen molar-refractivity contribution in [2.75, 3.05) is 9.80 Å². The average molecular weight is 949 g/mol. The van der Waals surface area contributed by atoms with Crippen LogP contribution in [-0.2, 0) is 10.8 Å². The fourth-order valence-electron chi connectivity index (χ4n) is 13.1. The van der Waals surface area contributed by atoms with E-state index in [-0.39, 0.29) is 5.41 Å². The van der Waals surface area contributed by atoms with Crippen molar-refractivity contribution < 1.29 is 0 Å². The van der Waals surface area contributed by atoms with Crippen molar-refractivity contribution in [1.82, 2.24) is 0 Å².